The molecule has 6 heteroatoms. The van der Waals surface area contributed by atoms with Crippen LogP contribution in [-0.2, 0) is 0 Å². The van der Waals surface area contributed by atoms with E-state index in [0.29, 0.717) is 0 Å². The molecule has 0 atom stereocenters. The van der Waals surface area contributed by atoms with Crippen LogP contribution in [0.3, 0.4) is 0 Å². The van der Waals surface area contributed by atoms with E-state index in [0.717, 1.165) is 11.5 Å². The topological polar surface area (TPSA) is 64.0 Å². The molecule has 1 aliphatic rings. The van der Waals surface area contributed by atoms with Gasteiger partial charge in [0.25, 0.3) is 0 Å². The normalized spacial score (nSPS) is 17.4. The Balaban J connectivity index is 2.39. The first-order chi connectivity index (χ1) is 5.13. The van der Waals surface area contributed by atoms with Crippen molar-refractivity contribution in [3.05, 3.63) is 0 Å². The van der Waals surface area contributed by atoms with Gasteiger partial charge in [0, 0.05) is 18.6 Å². The zero-order valence-corrected chi connectivity index (χ0v) is 6.91. The van der Waals surface area contributed by atoms with Crippen LogP contribution < -0.4 is 0 Å². The lowest BCUT2D eigenvalue weighted by molar-refractivity contribution is -0.264. The highest BCUT2D eigenvalue weighted by Crippen LogP contribution is 2.22. The monoisotopic (exact) mass is 178 g/mol. The second kappa shape index (κ2) is 3.29. The standard InChI is InChI=1S/C5H10N2O3S/c1-6(4-2-11-3-4)5(8)7(9)10/h4,9-10H,2-3H2,1H3. The average molecular weight is 178 g/mol. The smallest absolute Gasteiger partial charge is 0.319 e. The van der Waals surface area contributed by atoms with Crippen molar-refractivity contribution in [2.75, 3.05) is 18.6 Å². The number of amides is 2. The van der Waals surface area contributed by atoms with Crippen LogP contribution in [0.25, 0.3) is 0 Å². The molecular weight excluding hydrogens is 168 g/mol. The highest BCUT2D eigenvalue weighted by atomic mass is 32.2. The van der Waals surface area contributed by atoms with E-state index in [9.17, 15) is 4.79 Å². The van der Waals surface area contributed by atoms with E-state index in [4.69, 9.17) is 10.4 Å². The number of carbonyl (C=O) groups is 1. The van der Waals surface area contributed by atoms with Gasteiger partial charge in [-0.2, -0.15) is 11.8 Å². The molecule has 1 heterocycles. The van der Waals surface area contributed by atoms with Gasteiger partial charge in [-0.15, -0.1) is 0 Å². The third-order valence-corrected chi connectivity index (χ3v) is 2.88. The van der Waals surface area contributed by atoms with Gasteiger partial charge in [0.1, 0.15) is 0 Å². The minimum atomic E-state index is -0.782. The molecule has 2 N–H and O–H groups in total. The van der Waals surface area contributed by atoms with Gasteiger partial charge in [-0.05, 0) is 0 Å². The molecule has 0 aliphatic carbocycles. The van der Waals surface area contributed by atoms with Gasteiger partial charge in [0.2, 0.25) is 0 Å². The predicted octanol–water partition coefficient (Wildman–Crippen LogP) is 0.234. The molecule has 0 unspecified atom stereocenters. The first-order valence-electron chi connectivity index (χ1n) is 3.15. The molecule has 64 valence electrons. The fourth-order valence-corrected chi connectivity index (χ4v) is 1.64. The van der Waals surface area contributed by atoms with Gasteiger partial charge in [0.05, 0.1) is 6.04 Å². The number of hydrogen-bond donors (Lipinski definition) is 2. The Morgan fingerprint density at radius 3 is 2.36 bits per heavy atom. The van der Waals surface area contributed by atoms with Crippen molar-refractivity contribution >= 4 is 17.8 Å². The highest BCUT2D eigenvalue weighted by molar-refractivity contribution is 8.00. The Morgan fingerprint density at radius 2 is 2.09 bits per heavy atom. The molecule has 0 aromatic rings. The van der Waals surface area contributed by atoms with Crippen molar-refractivity contribution in [3.63, 3.8) is 0 Å². The van der Waals surface area contributed by atoms with E-state index in [-0.39, 0.29) is 11.3 Å². The molecule has 0 aromatic heterocycles. The first-order valence-corrected chi connectivity index (χ1v) is 4.31. The van der Waals surface area contributed by atoms with Crippen LogP contribution in [0.2, 0.25) is 0 Å². The van der Waals surface area contributed by atoms with E-state index in [1.807, 2.05) is 0 Å². The summed E-state index contributed by atoms with van der Waals surface area (Å²) < 4.78 is 0. The number of urea groups is 1. The van der Waals surface area contributed by atoms with Crippen LogP contribution in [0.4, 0.5) is 4.79 Å². The lowest BCUT2D eigenvalue weighted by Crippen LogP contribution is -2.49. The molecule has 1 saturated heterocycles. The number of rotatable bonds is 1. The van der Waals surface area contributed by atoms with Crippen molar-refractivity contribution in [1.29, 1.82) is 0 Å². The van der Waals surface area contributed by atoms with Crippen LogP contribution >= 0.6 is 11.8 Å². The van der Waals surface area contributed by atoms with Crippen LogP contribution in [0.15, 0.2) is 0 Å². The minimum absolute atomic E-state index is 0.147. The second-order valence-electron chi connectivity index (χ2n) is 2.37. The van der Waals surface area contributed by atoms with Crippen molar-refractivity contribution in [2.24, 2.45) is 0 Å². The molecule has 0 radical (unpaired) electrons. The van der Waals surface area contributed by atoms with Crippen LogP contribution in [0.5, 0.6) is 0 Å². The fraction of sp³-hybridized carbons (Fsp3) is 0.800. The largest absolute Gasteiger partial charge is 0.369 e. The molecule has 2 amide bonds. The molecule has 11 heavy (non-hydrogen) atoms. The number of carbonyl (C=O) groups excluding carboxylic acids is 1. The van der Waals surface area contributed by atoms with E-state index in [2.05, 4.69) is 0 Å². The summed E-state index contributed by atoms with van der Waals surface area (Å²) in [6.07, 6.45) is 0. The zero-order chi connectivity index (χ0) is 8.43. The Morgan fingerprint density at radius 1 is 1.55 bits per heavy atom. The van der Waals surface area contributed by atoms with Gasteiger partial charge >= 0.3 is 6.03 Å². The summed E-state index contributed by atoms with van der Waals surface area (Å²) >= 11 is 1.73. The average Bonchev–Trinajstić information content (AvgIpc) is 1.82. The molecule has 1 aliphatic heterocycles. The number of hydroxylamine groups is 2. The van der Waals surface area contributed by atoms with Crippen molar-refractivity contribution in [2.45, 2.75) is 6.04 Å². The van der Waals surface area contributed by atoms with Gasteiger partial charge in [0.15, 0.2) is 0 Å². The molecule has 0 aromatic carbocycles. The zero-order valence-electron chi connectivity index (χ0n) is 6.10. The summed E-state index contributed by atoms with van der Waals surface area (Å²) in [5.74, 6) is 1.74. The van der Waals surface area contributed by atoms with Crippen molar-refractivity contribution in [1.82, 2.24) is 10.1 Å². The van der Waals surface area contributed by atoms with Crippen LogP contribution in [0, 0.1) is 0 Å². The van der Waals surface area contributed by atoms with E-state index in [1.165, 1.54) is 4.90 Å². The maximum Gasteiger partial charge on any atom is 0.369 e. The van der Waals surface area contributed by atoms with Crippen molar-refractivity contribution in [3.8, 4) is 0 Å². The lowest BCUT2D eigenvalue weighted by atomic mass is 10.3. The van der Waals surface area contributed by atoms with Gasteiger partial charge in [-0.25, -0.2) is 4.79 Å². The van der Waals surface area contributed by atoms with Gasteiger partial charge in [-0.1, -0.05) is 5.23 Å². The van der Waals surface area contributed by atoms with Crippen molar-refractivity contribution < 1.29 is 15.2 Å². The lowest BCUT2D eigenvalue weighted by Gasteiger charge is -2.34. The number of nitrogens with zero attached hydrogens (tertiary/aromatic N) is 2. The third-order valence-electron chi connectivity index (χ3n) is 1.64. The van der Waals surface area contributed by atoms with Crippen LogP contribution in [-0.4, -0.2) is 51.2 Å². The SMILES string of the molecule is CN(C(=O)N(O)O)C1CSC1. The summed E-state index contributed by atoms with van der Waals surface area (Å²) in [4.78, 5) is 12.1. The summed E-state index contributed by atoms with van der Waals surface area (Å²) in [6.45, 7) is 0. The third kappa shape index (κ3) is 1.76. The Kier molecular flexibility index (Phi) is 2.58. The molecule has 0 saturated carbocycles. The number of thioether (sulfide) groups is 1. The maximum absolute atomic E-state index is 10.8. The van der Waals surface area contributed by atoms with E-state index in [1.54, 1.807) is 18.8 Å². The maximum atomic E-state index is 10.8. The summed E-state index contributed by atoms with van der Waals surface area (Å²) in [5.41, 5.74) is 0. The molecule has 0 spiro atoms. The Labute approximate surface area is 68.5 Å². The summed E-state index contributed by atoms with van der Waals surface area (Å²) in [6, 6.07) is -0.635. The molecule has 5 nitrogen and oxygen atoms in total. The first kappa shape index (κ1) is 8.63. The summed E-state index contributed by atoms with van der Waals surface area (Å²) in [7, 11) is 1.55. The molecule has 0 bridgehead atoms. The minimum Gasteiger partial charge on any atom is -0.319 e. The Hall–Kier alpha value is -0.460. The molecule has 1 fully saturated rings. The summed E-state index contributed by atoms with van der Waals surface area (Å²) in [5, 5.41) is 16.3. The number of hydrogen-bond acceptors (Lipinski definition) is 4. The molecule has 1 rings (SSSR count). The second-order valence-corrected chi connectivity index (χ2v) is 3.45. The molecular formula is C5H10N2O3S. The van der Waals surface area contributed by atoms with E-state index < -0.39 is 6.03 Å². The Bertz CT molecular complexity index is 160. The quantitative estimate of drug-likeness (QED) is 0.446. The van der Waals surface area contributed by atoms with Gasteiger partial charge in [-0.3, -0.25) is 10.4 Å². The predicted molar refractivity (Wildman–Crippen MR) is 39.7 cm³/mol. The van der Waals surface area contributed by atoms with E-state index >= 15 is 0 Å². The fourth-order valence-electron chi connectivity index (χ4n) is 0.744. The van der Waals surface area contributed by atoms with Crippen LogP contribution in [0.1, 0.15) is 0 Å². The van der Waals surface area contributed by atoms with Gasteiger partial charge < -0.3 is 4.90 Å². The highest BCUT2D eigenvalue weighted by Gasteiger charge is 2.28.